The Morgan fingerprint density at radius 2 is 1.71 bits per heavy atom. The van der Waals surface area contributed by atoms with Gasteiger partial charge < -0.3 is 5.32 Å². The number of fused-ring (bicyclic) bond motifs is 1. The van der Waals surface area contributed by atoms with Crippen molar-refractivity contribution in [3.63, 3.8) is 0 Å². The fraction of sp³-hybridized carbons (Fsp3) is 0.480. The number of nitrogens with zero attached hydrogens (tertiary/aromatic N) is 4. The van der Waals surface area contributed by atoms with Crippen molar-refractivity contribution < 1.29 is 9.18 Å². The smallest absolute Gasteiger partial charge is 0.333 e. The van der Waals surface area contributed by atoms with Gasteiger partial charge in [-0.2, -0.15) is 11.8 Å². The van der Waals surface area contributed by atoms with Crippen molar-refractivity contribution in [3.8, 4) is 0 Å². The number of nitrogens with one attached hydrogen (secondary N) is 1. The molecular weight excluding hydrogens is 469 g/mol. The molecular formula is C25H28FN5O3S. The van der Waals surface area contributed by atoms with E-state index < -0.39 is 11.4 Å². The van der Waals surface area contributed by atoms with E-state index >= 15 is 0 Å². The Kier molecular flexibility index (Phi) is 6.73. The van der Waals surface area contributed by atoms with Gasteiger partial charge in [-0.15, -0.1) is 0 Å². The number of hydrogen-bond donors (Lipinski definition) is 1. The molecule has 3 aromatic rings. The Bertz CT molecular complexity index is 1360. The second-order valence-electron chi connectivity index (χ2n) is 9.36. The molecule has 10 heteroatoms. The summed E-state index contributed by atoms with van der Waals surface area (Å²) in [6, 6.07) is 4.32. The molecule has 1 N–H and O–H groups in total. The summed E-state index contributed by atoms with van der Waals surface area (Å²) in [7, 11) is 0. The Morgan fingerprint density at radius 1 is 1.00 bits per heavy atom. The number of halogens is 1. The van der Waals surface area contributed by atoms with Crippen molar-refractivity contribution in [1.29, 1.82) is 0 Å². The van der Waals surface area contributed by atoms with E-state index in [1.807, 2.05) is 18.7 Å². The van der Waals surface area contributed by atoms with E-state index in [2.05, 4.69) is 15.3 Å². The van der Waals surface area contributed by atoms with Crippen LogP contribution >= 0.6 is 11.8 Å². The molecule has 0 unspecified atom stereocenters. The van der Waals surface area contributed by atoms with E-state index in [0.717, 1.165) is 36.2 Å². The molecule has 0 bridgehead atoms. The molecule has 184 valence electrons. The highest BCUT2D eigenvalue weighted by molar-refractivity contribution is 7.99. The minimum Gasteiger partial charge on any atom is -0.349 e. The zero-order chi connectivity index (χ0) is 24.5. The molecule has 1 amide bonds. The van der Waals surface area contributed by atoms with Crippen LogP contribution in [-0.2, 0) is 0 Å². The fourth-order valence-corrected chi connectivity index (χ4v) is 6.23. The molecule has 0 aromatic carbocycles. The van der Waals surface area contributed by atoms with Gasteiger partial charge in [0.1, 0.15) is 11.5 Å². The fourth-order valence-electron chi connectivity index (χ4n) is 5.15. The van der Waals surface area contributed by atoms with E-state index in [4.69, 9.17) is 0 Å². The summed E-state index contributed by atoms with van der Waals surface area (Å²) in [6.45, 7) is 1.86. The SMILES string of the molecule is Cc1ccc(C(=O)N[C@H]2CC[C@@H](n3c(=O)c4cc(F)cnc4n(C4CCSCC4)c3=O)CC2)cn1. The predicted octanol–water partition coefficient (Wildman–Crippen LogP) is 3.38. The highest BCUT2D eigenvalue weighted by Gasteiger charge is 2.29. The van der Waals surface area contributed by atoms with Crippen molar-refractivity contribution in [2.75, 3.05) is 11.5 Å². The van der Waals surface area contributed by atoms with Crippen LogP contribution in [0.4, 0.5) is 4.39 Å². The molecule has 1 saturated heterocycles. The lowest BCUT2D eigenvalue weighted by Gasteiger charge is -2.31. The first-order valence-electron chi connectivity index (χ1n) is 12.1. The lowest BCUT2D eigenvalue weighted by Crippen LogP contribution is -2.46. The summed E-state index contributed by atoms with van der Waals surface area (Å²) in [6.07, 6.45) is 6.67. The number of amides is 1. The van der Waals surface area contributed by atoms with Crippen LogP contribution in [0, 0.1) is 12.7 Å². The van der Waals surface area contributed by atoms with Crippen LogP contribution in [-0.4, -0.2) is 42.6 Å². The minimum absolute atomic E-state index is 0.0482. The largest absolute Gasteiger partial charge is 0.349 e. The number of rotatable bonds is 4. The number of aryl methyl sites for hydroxylation is 1. The Morgan fingerprint density at radius 3 is 2.40 bits per heavy atom. The maximum absolute atomic E-state index is 14.1. The topological polar surface area (TPSA) is 98.9 Å². The number of thioether (sulfide) groups is 1. The lowest BCUT2D eigenvalue weighted by molar-refractivity contribution is 0.0921. The van der Waals surface area contributed by atoms with Gasteiger partial charge in [-0.05, 0) is 75.2 Å². The third-order valence-electron chi connectivity index (χ3n) is 7.05. The van der Waals surface area contributed by atoms with E-state index in [0.29, 0.717) is 31.2 Å². The maximum Gasteiger partial charge on any atom is 0.333 e. The Balaban J connectivity index is 1.41. The molecule has 4 heterocycles. The summed E-state index contributed by atoms with van der Waals surface area (Å²) in [5, 5.41) is 3.19. The summed E-state index contributed by atoms with van der Waals surface area (Å²) in [5.74, 6) is 1.09. The van der Waals surface area contributed by atoms with Gasteiger partial charge in [-0.3, -0.25) is 23.7 Å². The predicted molar refractivity (Wildman–Crippen MR) is 134 cm³/mol. The number of pyridine rings is 2. The van der Waals surface area contributed by atoms with Crippen LogP contribution in [0.3, 0.4) is 0 Å². The van der Waals surface area contributed by atoms with Gasteiger partial charge in [0, 0.05) is 30.0 Å². The van der Waals surface area contributed by atoms with E-state index in [-0.39, 0.29) is 40.8 Å². The normalized spacial score (nSPS) is 21.2. The zero-order valence-electron chi connectivity index (χ0n) is 19.6. The van der Waals surface area contributed by atoms with Crippen LogP contribution in [0.25, 0.3) is 11.0 Å². The second-order valence-corrected chi connectivity index (χ2v) is 10.6. The second kappa shape index (κ2) is 9.93. The molecule has 35 heavy (non-hydrogen) atoms. The van der Waals surface area contributed by atoms with Gasteiger partial charge in [-0.1, -0.05) is 0 Å². The van der Waals surface area contributed by atoms with Gasteiger partial charge in [-0.25, -0.2) is 14.2 Å². The monoisotopic (exact) mass is 497 g/mol. The highest BCUT2D eigenvalue weighted by Crippen LogP contribution is 2.30. The molecule has 1 aliphatic heterocycles. The first-order chi connectivity index (χ1) is 16.9. The Labute approximate surface area is 206 Å². The number of carbonyl (C=O) groups is 1. The van der Waals surface area contributed by atoms with Crippen molar-refractivity contribution in [1.82, 2.24) is 24.4 Å². The minimum atomic E-state index is -0.595. The molecule has 2 aliphatic rings. The van der Waals surface area contributed by atoms with Crippen molar-refractivity contribution in [2.45, 2.75) is 63.6 Å². The molecule has 5 rings (SSSR count). The first kappa shape index (κ1) is 23.7. The average Bonchev–Trinajstić information content (AvgIpc) is 2.86. The quantitative estimate of drug-likeness (QED) is 0.593. The third-order valence-corrected chi connectivity index (χ3v) is 8.10. The standard InChI is InChI=1S/C25H28FN5O3S/c1-15-2-3-16(13-27-15)23(32)29-18-4-6-19(7-5-18)31-24(33)21-12-17(26)14-28-22(21)30(25(31)34)20-8-10-35-11-9-20/h2-3,12-14,18-20H,4-11H2,1H3,(H,29,32)/t18-,19+. The van der Waals surface area contributed by atoms with Crippen LogP contribution in [0.5, 0.6) is 0 Å². The zero-order valence-corrected chi connectivity index (χ0v) is 20.4. The highest BCUT2D eigenvalue weighted by atomic mass is 32.2. The maximum atomic E-state index is 14.1. The summed E-state index contributed by atoms with van der Waals surface area (Å²) >= 11 is 1.84. The molecule has 2 fully saturated rings. The summed E-state index contributed by atoms with van der Waals surface area (Å²) < 4.78 is 17.0. The molecule has 0 spiro atoms. The van der Waals surface area contributed by atoms with E-state index in [1.165, 1.54) is 10.6 Å². The van der Waals surface area contributed by atoms with Crippen molar-refractivity contribution in [3.05, 3.63) is 68.5 Å². The number of aromatic nitrogens is 4. The summed E-state index contributed by atoms with van der Waals surface area (Å²) in [5.41, 5.74) is 0.762. The van der Waals surface area contributed by atoms with Crippen LogP contribution in [0.2, 0.25) is 0 Å². The molecule has 3 aromatic heterocycles. The molecule has 1 saturated carbocycles. The molecule has 1 aliphatic carbocycles. The Hall–Kier alpha value is -3.01. The average molecular weight is 498 g/mol. The van der Waals surface area contributed by atoms with Gasteiger partial charge in [0.05, 0.1) is 17.1 Å². The van der Waals surface area contributed by atoms with E-state index in [1.54, 1.807) is 22.9 Å². The first-order valence-corrected chi connectivity index (χ1v) is 13.2. The van der Waals surface area contributed by atoms with Gasteiger partial charge >= 0.3 is 5.69 Å². The third kappa shape index (κ3) is 4.76. The number of carbonyl (C=O) groups excluding carboxylic acids is 1. The van der Waals surface area contributed by atoms with E-state index in [9.17, 15) is 18.8 Å². The lowest BCUT2D eigenvalue weighted by atomic mass is 9.90. The van der Waals surface area contributed by atoms with Crippen LogP contribution in [0.1, 0.15) is 66.7 Å². The van der Waals surface area contributed by atoms with Crippen LogP contribution < -0.4 is 16.6 Å². The van der Waals surface area contributed by atoms with Crippen molar-refractivity contribution in [2.24, 2.45) is 0 Å². The van der Waals surface area contributed by atoms with Gasteiger partial charge in [0.2, 0.25) is 0 Å². The summed E-state index contributed by atoms with van der Waals surface area (Å²) in [4.78, 5) is 47.9. The van der Waals surface area contributed by atoms with Gasteiger partial charge in [0.25, 0.3) is 11.5 Å². The molecule has 0 radical (unpaired) electrons. The van der Waals surface area contributed by atoms with Crippen LogP contribution in [0.15, 0.2) is 40.2 Å². The number of hydrogen-bond acceptors (Lipinski definition) is 6. The molecule has 8 nitrogen and oxygen atoms in total. The van der Waals surface area contributed by atoms with Gasteiger partial charge in [0.15, 0.2) is 0 Å². The van der Waals surface area contributed by atoms with Crippen molar-refractivity contribution >= 4 is 28.7 Å². The molecule has 0 atom stereocenters.